The Morgan fingerprint density at radius 3 is 2.83 bits per heavy atom. The number of amides is 2. The number of aliphatic carboxylic acids is 1. The number of fused-ring (bicyclic) bond motifs is 1. The zero-order valence-electron chi connectivity index (χ0n) is 21.0. The van der Waals surface area contributed by atoms with Crippen molar-refractivity contribution in [2.75, 3.05) is 24.3 Å². The van der Waals surface area contributed by atoms with Crippen LogP contribution in [-0.2, 0) is 14.4 Å². The molecule has 218 valence electrons. The zero-order chi connectivity index (χ0) is 30.0. The Morgan fingerprint density at radius 1 is 1.38 bits per heavy atom. The average molecular weight is 652 g/mol. The fourth-order valence-electron chi connectivity index (χ4n) is 3.84. The van der Waals surface area contributed by atoms with Crippen molar-refractivity contribution in [1.29, 1.82) is 0 Å². The number of nitro benzene ring substituents is 1. The molecule has 17 nitrogen and oxygen atoms in total. The van der Waals surface area contributed by atoms with Gasteiger partial charge in [0.25, 0.3) is 17.5 Å². The molecule has 3 aromatic rings. The van der Waals surface area contributed by atoms with Gasteiger partial charge in [-0.05, 0) is 11.6 Å². The average Bonchev–Trinajstić information content (AvgIpc) is 3.66. The molecule has 4 heterocycles. The Balaban J connectivity index is 1.36. The minimum atomic E-state index is -1.27. The smallest absolute Gasteiger partial charge is 0.352 e. The number of benzene rings is 1. The molecule has 2 aliphatic heterocycles. The number of aromatic nitrogens is 4. The van der Waals surface area contributed by atoms with E-state index in [4.69, 9.17) is 15.3 Å². The van der Waals surface area contributed by atoms with Gasteiger partial charge in [0.2, 0.25) is 17.3 Å². The fraction of sp³-hybridized carbons (Fsp3) is 0.238. The lowest BCUT2D eigenvalue weighted by Crippen LogP contribution is -2.71. The number of hydrogen-bond acceptors (Lipinski definition) is 17. The molecule has 0 aliphatic carbocycles. The number of carboxylic acids is 1. The number of nitro groups is 1. The van der Waals surface area contributed by atoms with E-state index < -0.39 is 39.8 Å². The van der Waals surface area contributed by atoms with Crippen molar-refractivity contribution < 1.29 is 34.0 Å². The van der Waals surface area contributed by atoms with Gasteiger partial charge in [-0.3, -0.25) is 24.6 Å². The molecule has 0 saturated carbocycles. The van der Waals surface area contributed by atoms with E-state index in [1.54, 1.807) is 5.51 Å². The summed E-state index contributed by atoms with van der Waals surface area (Å²) in [7, 11) is 1.31. The number of nitrogens with one attached hydrogen (secondary N) is 1. The van der Waals surface area contributed by atoms with Gasteiger partial charge in [0, 0.05) is 29.1 Å². The van der Waals surface area contributed by atoms with E-state index >= 15 is 0 Å². The monoisotopic (exact) mass is 651 g/mol. The number of nitrogens with zero attached hydrogens (tertiary/aromatic N) is 7. The number of rotatable bonds is 11. The highest BCUT2D eigenvalue weighted by atomic mass is 32.2. The van der Waals surface area contributed by atoms with Crippen molar-refractivity contribution in [3.05, 3.63) is 50.9 Å². The van der Waals surface area contributed by atoms with E-state index in [-0.39, 0.29) is 33.8 Å². The highest BCUT2D eigenvalue weighted by molar-refractivity contribution is 8.01. The molecule has 4 N–H and O–H groups in total. The van der Waals surface area contributed by atoms with Crippen molar-refractivity contribution in [2.24, 2.45) is 5.16 Å². The molecular weight excluding hydrogens is 635 g/mol. The number of methoxy groups -OCH3 is 1. The van der Waals surface area contributed by atoms with E-state index in [9.17, 15) is 29.6 Å². The first-order valence-electron chi connectivity index (χ1n) is 11.4. The van der Waals surface area contributed by atoms with Crippen LogP contribution in [-0.4, -0.2) is 88.0 Å². The number of nitrogens with two attached hydrogens (primary N) is 1. The summed E-state index contributed by atoms with van der Waals surface area (Å²) in [6, 6.07) is 2.44. The number of nitrogen functional groups attached to an aromatic ring is 1. The Kier molecular flexibility index (Phi) is 8.51. The van der Waals surface area contributed by atoms with Gasteiger partial charge in [-0.2, -0.15) is 9.36 Å². The van der Waals surface area contributed by atoms with Gasteiger partial charge >= 0.3 is 5.97 Å². The van der Waals surface area contributed by atoms with Crippen LogP contribution < -0.4 is 20.6 Å². The number of carbonyl (C=O) groups excluding carboxylic acids is 2. The number of thioether (sulfide) groups is 2. The Bertz CT molecular complexity index is 1630. The zero-order valence-corrected chi connectivity index (χ0v) is 24.3. The van der Waals surface area contributed by atoms with Gasteiger partial charge in [-0.1, -0.05) is 28.3 Å². The minimum absolute atomic E-state index is 0.0160. The van der Waals surface area contributed by atoms with Gasteiger partial charge in [0.05, 0.1) is 18.1 Å². The highest BCUT2D eigenvalue weighted by Crippen LogP contribution is 2.41. The van der Waals surface area contributed by atoms with E-state index in [0.29, 0.717) is 21.4 Å². The van der Waals surface area contributed by atoms with Gasteiger partial charge in [0.15, 0.2) is 15.2 Å². The van der Waals surface area contributed by atoms with Crippen LogP contribution in [0.1, 0.15) is 5.82 Å². The molecule has 0 radical (unpaired) electrons. The maximum absolute atomic E-state index is 13.3. The van der Waals surface area contributed by atoms with Crippen LogP contribution in [0.5, 0.6) is 11.5 Å². The predicted octanol–water partition coefficient (Wildman–Crippen LogP) is 1.20. The van der Waals surface area contributed by atoms with Crippen LogP contribution in [0.4, 0.5) is 10.8 Å². The van der Waals surface area contributed by atoms with Crippen LogP contribution in [0, 0.1) is 10.1 Å². The first kappa shape index (κ1) is 29.2. The number of ether oxygens (including phenoxy) is 1. The topological polar surface area (TPSA) is 238 Å². The molecular formula is C21H17N9O8S4. The lowest BCUT2D eigenvalue weighted by molar-refractivity contribution is -0.385. The van der Waals surface area contributed by atoms with Crippen LogP contribution in [0.2, 0.25) is 0 Å². The molecule has 1 aromatic carbocycles. The second-order valence-electron chi connectivity index (χ2n) is 8.19. The van der Waals surface area contributed by atoms with E-state index in [1.165, 1.54) is 54.1 Å². The molecule has 2 aromatic heterocycles. The van der Waals surface area contributed by atoms with Crippen molar-refractivity contribution in [3.8, 4) is 11.5 Å². The van der Waals surface area contributed by atoms with Crippen LogP contribution in [0.25, 0.3) is 0 Å². The molecule has 2 aliphatic rings. The number of non-ortho nitro benzene ring substituents is 1. The largest absolute Gasteiger partial charge is 0.493 e. The Morgan fingerprint density at radius 2 is 2.19 bits per heavy atom. The Hall–Kier alpha value is -4.34. The summed E-state index contributed by atoms with van der Waals surface area (Å²) >= 11 is 4.69. The Labute approximate surface area is 251 Å². The molecule has 0 bridgehead atoms. The van der Waals surface area contributed by atoms with Gasteiger partial charge in [0.1, 0.15) is 22.6 Å². The summed E-state index contributed by atoms with van der Waals surface area (Å²) < 4.78 is 9.78. The van der Waals surface area contributed by atoms with Crippen molar-refractivity contribution in [1.82, 2.24) is 29.8 Å². The molecule has 1 saturated heterocycles. The van der Waals surface area contributed by atoms with E-state index in [2.05, 4.69) is 30.0 Å². The van der Waals surface area contributed by atoms with E-state index in [0.717, 1.165) is 22.5 Å². The normalized spacial score (nSPS) is 18.3. The molecule has 0 spiro atoms. The predicted molar refractivity (Wildman–Crippen MR) is 151 cm³/mol. The summed E-state index contributed by atoms with van der Waals surface area (Å²) in [5, 5.41) is 34.4. The third-order valence-corrected chi connectivity index (χ3v) is 9.54. The molecule has 2 amide bonds. The van der Waals surface area contributed by atoms with Crippen molar-refractivity contribution >= 4 is 80.7 Å². The van der Waals surface area contributed by atoms with Crippen molar-refractivity contribution in [3.63, 3.8) is 0 Å². The molecule has 42 heavy (non-hydrogen) atoms. The number of carbonyl (C=O) groups is 3. The second kappa shape index (κ2) is 12.3. The third kappa shape index (κ3) is 5.84. The van der Waals surface area contributed by atoms with Gasteiger partial charge in [-0.25, -0.2) is 4.79 Å². The van der Waals surface area contributed by atoms with Gasteiger partial charge in [-0.15, -0.1) is 22.0 Å². The summed E-state index contributed by atoms with van der Waals surface area (Å²) in [5.41, 5.74) is 6.82. The molecule has 5 rings (SSSR count). The molecule has 2 atom stereocenters. The SMILES string of the molecule is COc1ccc([N+](=O)[O-])cc1ON=C(C(=O)NC1C(=O)N2C(C(=O)O)=C(CSc3nncs3)CS[C@H]12)c1nsc(N)n1. The lowest BCUT2D eigenvalue weighted by Gasteiger charge is -2.49. The summed E-state index contributed by atoms with van der Waals surface area (Å²) in [6.07, 6.45) is 0. The summed E-state index contributed by atoms with van der Waals surface area (Å²) in [4.78, 5) is 59.6. The number of hydrogen-bond donors (Lipinski definition) is 3. The van der Waals surface area contributed by atoms with Crippen LogP contribution in [0.3, 0.4) is 0 Å². The molecule has 1 unspecified atom stereocenters. The standard InChI is InChI=1S/C21H17N9O8S4/c1-37-10-3-2-9(30(35)36)4-11(10)38-27-12(15-25-20(22)42-28-15)16(31)24-13-17(32)29-14(19(33)34)8(5-39-18(13)29)6-40-21-26-23-7-41-21/h2-4,7,13,18H,5-6H2,1H3,(H,24,31)(H,33,34)(H2,22,25,28)/t13?,18-/m1/s1. The maximum atomic E-state index is 13.3. The van der Waals surface area contributed by atoms with E-state index in [1.807, 2.05) is 0 Å². The summed E-state index contributed by atoms with van der Waals surface area (Å²) in [6.45, 7) is 0. The van der Waals surface area contributed by atoms with Crippen molar-refractivity contribution in [2.45, 2.75) is 15.8 Å². The van der Waals surface area contributed by atoms with Crippen LogP contribution >= 0.6 is 46.4 Å². The fourth-order valence-corrected chi connectivity index (χ4v) is 7.25. The lowest BCUT2D eigenvalue weighted by atomic mass is 10.0. The molecule has 21 heteroatoms. The van der Waals surface area contributed by atoms with Crippen LogP contribution in [0.15, 0.2) is 44.5 Å². The first-order chi connectivity index (χ1) is 20.2. The minimum Gasteiger partial charge on any atom is -0.493 e. The number of anilines is 1. The first-order valence-corrected chi connectivity index (χ1v) is 15.1. The number of carboxylic acid groups (broad SMARTS) is 1. The molecule has 1 fully saturated rings. The second-order valence-corrected chi connectivity index (χ2v) is 12.1. The third-order valence-electron chi connectivity index (χ3n) is 5.71. The summed E-state index contributed by atoms with van der Waals surface area (Å²) in [5.74, 6) is -2.54. The highest BCUT2D eigenvalue weighted by Gasteiger charge is 2.54. The number of oxime groups is 1. The maximum Gasteiger partial charge on any atom is 0.352 e. The number of β-lactam (4-membered cyclic amide) rings is 1. The quantitative estimate of drug-likeness (QED) is 0.0868. The van der Waals surface area contributed by atoms with Gasteiger partial charge < -0.3 is 25.7 Å².